The number of ether oxygens (including phenoxy) is 3. The molecule has 1 atom stereocenters. The second-order valence-electron chi connectivity index (χ2n) is 4.54. The van der Waals surface area contributed by atoms with E-state index in [4.69, 9.17) is 25.8 Å². The van der Waals surface area contributed by atoms with Crippen molar-refractivity contribution in [3.63, 3.8) is 0 Å². The zero-order valence-corrected chi connectivity index (χ0v) is 13.3. The molecule has 0 spiro atoms. The minimum Gasteiger partial charge on any atom is -0.481 e. The quantitative estimate of drug-likeness (QED) is 0.553. The monoisotopic (exact) mass is 313 g/mol. The van der Waals surface area contributed by atoms with E-state index >= 15 is 0 Å². The maximum atomic E-state index is 6.21. The first-order valence-corrected chi connectivity index (χ1v) is 7.23. The van der Waals surface area contributed by atoms with Crippen molar-refractivity contribution < 1.29 is 14.2 Å². The number of pyridine rings is 1. The molecule has 0 aromatic carbocycles. The number of hydrogen-bond acceptors (Lipinski definition) is 5. The molecule has 0 bridgehead atoms. The van der Waals surface area contributed by atoms with E-state index in [2.05, 4.69) is 9.97 Å². The molecular weight excluding hydrogens is 294 g/mol. The fourth-order valence-electron chi connectivity index (χ4n) is 2.04. The zero-order valence-electron chi connectivity index (χ0n) is 12.5. The van der Waals surface area contributed by atoms with Crippen LogP contribution in [0.4, 0.5) is 0 Å². The summed E-state index contributed by atoms with van der Waals surface area (Å²) in [4.78, 5) is 8.99. The molecule has 0 saturated heterocycles. The summed E-state index contributed by atoms with van der Waals surface area (Å²) in [5.41, 5.74) is 1.56. The van der Waals surface area contributed by atoms with Crippen molar-refractivity contribution in [3.8, 4) is 5.88 Å². The Labute approximate surface area is 129 Å². The topological polar surface area (TPSA) is 58.4 Å². The van der Waals surface area contributed by atoms with Crippen LogP contribution in [0.3, 0.4) is 0 Å². The van der Waals surface area contributed by atoms with E-state index in [1.54, 1.807) is 20.3 Å². The van der Waals surface area contributed by atoms with Gasteiger partial charge in [0.15, 0.2) is 5.65 Å². The van der Waals surface area contributed by atoms with Crippen LogP contribution < -0.4 is 4.74 Å². The van der Waals surface area contributed by atoms with Crippen molar-refractivity contribution in [3.05, 3.63) is 18.0 Å². The van der Waals surface area contributed by atoms with Gasteiger partial charge in [0, 0.05) is 19.7 Å². The summed E-state index contributed by atoms with van der Waals surface area (Å²) < 4.78 is 17.6. The van der Waals surface area contributed by atoms with E-state index in [1.165, 1.54) is 0 Å². The van der Waals surface area contributed by atoms with Crippen molar-refractivity contribution in [1.82, 2.24) is 14.5 Å². The number of rotatable bonds is 8. The van der Waals surface area contributed by atoms with Crippen LogP contribution in [0.5, 0.6) is 5.88 Å². The van der Waals surface area contributed by atoms with Crippen LogP contribution in [0.15, 0.2) is 12.1 Å². The number of methoxy groups -OCH3 is 2. The molecule has 0 fully saturated rings. The average molecular weight is 314 g/mol. The van der Waals surface area contributed by atoms with Gasteiger partial charge in [0.25, 0.3) is 0 Å². The Bertz CT molecular complexity index is 586. The molecule has 2 aromatic heterocycles. The van der Waals surface area contributed by atoms with Gasteiger partial charge in [0.05, 0.1) is 32.3 Å². The van der Waals surface area contributed by atoms with Crippen LogP contribution in [-0.4, -0.2) is 48.6 Å². The molecule has 2 aromatic rings. The molecule has 0 radical (unpaired) electrons. The molecule has 21 heavy (non-hydrogen) atoms. The lowest BCUT2D eigenvalue weighted by Crippen LogP contribution is -2.12. The lowest BCUT2D eigenvalue weighted by Gasteiger charge is -2.10. The fraction of sp³-hybridized carbons (Fsp3) is 0.571. The number of aromatic nitrogens is 3. The summed E-state index contributed by atoms with van der Waals surface area (Å²) in [5.74, 6) is 1.33. The number of nitrogens with zero attached hydrogens (tertiary/aromatic N) is 3. The lowest BCUT2D eigenvalue weighted by atomic mass is 10.4. The summed E-state index contributed by atoms with van der Waals surface area (Å²) in [6.07, 6.45) is 0. The normalized spacial score (nSPS) is 12.8. The van der Waals surface area contributed by atoms with Crippen LogP contribution in [0.2, 0.25) is 0 Å². The first-order valence-electron chi connectivity index (χ1n) is 6.79. The number of alkyl halides is 1. The molecule has 0 amide bonds. The van der Waals surface area contributed by atoms with Crippen molar-refractivity contribution in [2.45, 2.75) is 18.8 Å². The molecular formula is C14H20ClN3O3. The molecule has 2 heterocycles. The Balaban J connectivity index is 2.22. The highest BCUT2D eigenvalue weighted by Gasteiger charge is 2.16. The van der Waals surface area contributed by atoms with Gasteiger partial charge in [0.1, 0.15) is 11.3 Å². The first-order chi connectivity index (χ1) is 10.2. The number of imidazole rings is 1. The summed E-state index contributed by atoms with van der Waals surface area (Å²) in [5, 5.41) is -0.204. The van der Waals surface area contributed by atoms with Gasteiger partial charge in [-0.1, -0.05) is 0 Å². The molecule has 0 aliphatic heterocycles. The van der Waals surface area contributed by atoms with E-state index in [1.807, 2.05) is 17.6 Å². The van der Waals surface area contributed by atoms with E-state index in [0.717, 1.165) is 17.0 Å². The highest BCUT2D eigenvalue weighted by molar-refractivity contribution is 6.20. The summed E-state index contributed by atoms with van der Waals surface area (Å²) in [7, 11) is 3.24. The minimum atomic E-state index is -0.204. The van der Waals surface area contributed by atoms with Crippen molar-refractivity contribution >= 4 is 22.8 Å². The Morgan fingerprint density at radius 1 is 1.19 bits per heavy atom. The van der Waals surface area contributed by atoms with Gasteiger partial charge in [-0.25, -0.2) is 4.98 Å². The standard InChI is InChI=1S/C14H20ClN3O3/c1-10(15)13-16-11-4-5-12(20-3)17-14(11)18(13)6-7-21-9-8-19-2/h4-5,10H,6-9H2,1-3H3. The number of hydrogen-bond donors (Lipinski definition) is 0. The molecule has 0 saturated carbocycles. The molecule has 0 aliphatic carbocycles. The molecule has 2 rings (SSSR count). The minimum absolute atomic E-state index is 0.204. The van der Waals surface area contributed by atoms with Crippen molar-refractivity contribution in [2.24, 2.45) is 0 Å². The fourth-order valence-corrected chi connectivity index (χ4v) is 2.21. The largest absolute Gasteiger partial charge is 0.481 e. The van der Waals surface area contributed by atoms with E-state index in [0.29, 0.717) is 32.2 Å². The SMILES string of the molecule is COCCOCCn1c(C(C)Cl)nc2ccc(OC)nc21. The van der Waals surface area contributed by atoms with Crippen LogP contribution in [-0.2, 0) is 16.0 Å². The Morgan fingerprint density at radius 2 is 2.00 bits per heavy atom. The molecule has 7 heteroatoms. The predicted octanol–water partition coefficient (Wildman–Crippen LogP) is 2.40. The van der Waals surface area contributed by atoms with Gasteiger partial charge in [0.2, 0.25) is 5.88 Å². The lowest BCUT2D eigenvalue weighted by molar-refractivity contribution is 0.0666. The first kappa shape index (κ1) is 16.0. The maximum Gasteiger partial charge on any atom is 0.215 e. The second kappa shape index (κ2) is 7.59. The highest BCUT2D eigenvalue weighted by atomic mass is 35.5. The molecule has 6 nitrogen and oxygen atoms in total. The number of halogens is 1. The van der Waals surface area contributed by atoms with Gasteiger partial charge < -0.3 is 18.8 Å². The maximum absolute atomic E-state index is 6.21. The van der Waals surface area contributed by atoms with Gasteiger partial charge in [-0.2, -0.15) is 4.98 Å². The van der Waals surface area contributed by atoms with Crippen LogP contribution in [0.1, 0.15) is 18.1 Å². The molecule has 1 unspecified atom stereocenters. The summed E-state index contributed by atoms with van der Waals surface area (Å²) >= 11 is 6.21. The molecule has 0 aliphatic rings. The van der Waals surface area contributed by atoms with E-state index in [-0.39, 0.29) is 5.38 Å². The van der Waals surface area contributed by atoms with Gasteiger partial charge >= 0.3 is 0 Å². The Kier molecular flexibility index (Phi) is 5.78. The summed E-state index contributed by atoms with van der Waals surface area (Å²) in [6.45, 7) is 4.21. The van der Waals surface area contributed by atoms with E-state index in [9.17, 15) is 0 Å². The second-order valence-corrected chi connectivity index (χ2v) is 5.19. The smallest absolute Gasteiger partial charge is 0.215 e. The predicted molar refractivity (Wildman–Crippen MR) is 81.0 cm³/mol. The Morgan fingerprint density at radius 3 is 2.67 bits per heavy atom. The van der Waals surface area contributed by atoms with Gasteiger partial charge in [-0.05, 0) is 13.0 Å². The third-order valence-electron chi connectivity index (χ3n) is 3.05. The zero-order chi connectivity index (χ0) is 15.2. The number of fused-ring (bicyclic) bond motifs is 1. The third kappa shape index (κ3) is 3.84. The average Bonchev–Trinajstić information content (AvgIpc) is 2.85. The van der Waals surface area contributed by atoms with Gasteiger partial charge in [-0.3, -0.25) is 0 Å². The van der Waals surface area contributed by atoms with Crippen molar-refractivity contribution in [1.29, 1.82) is 0 Å². The third-order valence-corrected chi connectivity index (χ3v) is 3.25. The molecule has 0 N–H and O–H groups in total. The van der Waals surface area contributed by atoms with Gasteiger partial charge in [-0.15, -0.1) is 11.6 Å². The highest BCUT2D eigenvalue weighted by Crippen LogP contribution is 2.24. The van der Waals surface area contributed by atoms with Crippen LogP contribution >= 0.6 is 11.6 Å². The van der Waals surface area contributed by atoms with E-state index < -0.39 is 0 Å². The Hall–Kier alpha value is -1.37. The molecule has 116 valence electrons. The van der Waals surface area contributed by atoms with Crippen LogP contribution in [0, 0.1) is 0 Å². The van der Waals surface area contributed by atoms with Crippen LogP contribution in [0.25, 0.3) is 11.2 Å². The summed E-state index contributed by atoms with van der Waals surface area (Å²) in [6, 6.07) is 3.67. The van der Waals surface area contributed by atoms with Crippen molar-refractivity contribution in [2.75, 3.05) is 34.0 Å².